The first-order valence-corrected chi connectivity index (χ1v) is 9.02. The molecule has 0 aliphatic heterocycles. The van der Waals surface area contributed by atoms with E-state index in [0.29, 0.717) is 6.61 Å². The average molecular weight is 320 g/mol. The summed E-state index contributed by atoms with van der Waals surface area (Å²) in [7, 11) is 0. The molecule has 0 unspecified atom stereocenters. The highest BCUT2D eigenvalue weighted by molar-refractivity contribution is 5.75. The fourth-order valence-corrected chi connectivity index (χ4v) is 3.73. The third-order valence-corrected chi connectivity index (χ3v) is 5.01. The molecule has 0 spiro atoms. The van der Waals surface area contributed by atoms with E-state index in [2.05, 4.69) is 28.8 Å². The molecular formula is C21H24N2O. The molecule has 3 heteroatoms. The molecule has 24 heavy (non-hydrogen) atoms. The maximum Gasteiger partial charge on any atom is 0.148 e. The zero-order chi connectivity index (χ0) is 16.2. The minimum absolute atomic E-state index is 0.519. The highest BCUT2D eigenvalue weighted by Gasteiger charge is 2.18. The van der Waals surface area contributed by atoms with E-state index in [-0.39, 0.29) is 0 Å². The summed E-state index contributed by atoms with van der Waals surface area (Å²) >= 11 is 0. The molecule has 1 saturated carbocycles. The molecule has 3 nitrogen and oxygen atoms in total. The van der Waals surface area contributed by atoms with Crippen molar-refractivity contribution in [1.29, 1.82) is 0 Å². The third kappa shape index (κ3) is 3.30. The first-order chi connectivity index (χ1) is 11.9. The number of nitrogens with zero attached hydrogens (tertiary/aromatic N) is 2. The fraction of sp³-hybridized carbons (Fsp3) is 0.381. The van der Waals surface area contributed by atoms with E-state index in [9.17, 15) is 0 Å². The first kappa shape index (κ1) is 15.3. The molecule has 1 aliphatic rings. The minimum Gasteiger partial charge on any atom is -0.486 e. The second-order valence-electron chi connectivity index (χ2n) is 6.73. The number of aromatic nitrogens is 2. The van der Waals surface area contributed by atoms with E-state index in [0.717, 1.165) is 29.6 Å². The predicted molar refractivity (Wildman–Crippen MR) is 97.1 cm³/mol. The summed E-state index contributed by atoms with van der Waals surface area (Å²) in [6.07, 6.45) is 6.81. The number of para-hydroxylation sites is 3. The van der Waals surface area contributed by atoms with Crippen LogP contribution in [0, 0.1) is 5.92 Å². The Labute approximate surface area is 143 Å². The number of hydrogen-bond acceptors (Lipinski definition) is 2. The molecule has 0 bridgehead atoms. The van der Waals surface area contributed by atoms with Crippen molar-refractivity contribution >= 4 is 11.0 Å². The number of fused-ring (bicyclic) bond motifs is 1. The molecular weight excluding hydrogens is 296 g/mol. The molecule has 1 heterocycles. The van der Waals surface area contributed by atoms with Crippen LogP contribution in [0.2, 0.25) is 0 Å². The van der Waals surface area contributed by atoms with Crippen molar-refractivity contribution in [3.05, 3.63) is 60.4 Å². The quantitative estimate of drug-likeness (QED) is 0.646. The summed E-state index contributed by atoms with van der Waals surface area (Å²) in [5, 5.41) is 0. The number of benzene rings is 2. The summed E-state index contributed by atoms with van der Waals surface area (Å²) in [4.78, 5) is 4.83. The lowest BCUT2D eigenvalue weighted by Gasteiger charge is -2.23. The standard InChI is InChI=1S/C21H24N2O/c1-3-9-17(10-4-1)15-23-20-14-8-7-13-19(20)22-21(23)16-24-18-11-5-2-6-12-18/h2,5-8,11-14,17H,1,3-4,9-10,15-16H2. The molecule has 0 radical (unpaired) electrons. The Morgan fingerprint density at radius 3 is 2.50 bits per heavy atom. The molecule has 1 aromatic heterocycles. The number of ether oxygens (including phenoxy) is 1. The normalized spacial score (nSPS) is 15.7. The van der Waals surface area contributed by atoms with Crippen LogP contribution in [0.4, 0.5) is 0 Å². The Morgan fingerprint density at radius 1 is 0.917 bits per heavy atom. The van der Waals surface area contributed by atoms with Crippen LogP contribution in [0.25, 0.3) is 11.0 Å². The van der Waals surface area contributed by atoms with Crippen molar-refractivity contribution in [2.75, 3.05) is 0 Å². The lowest BCUT2D eigenvalue weighted by atomic mass is 9.89. The van der Waals surface area contributed by atoms with Gasteiger partial charge in [-0.3, -0.25) is 0 Å². The molecule has 1 aliphatic carbocycles. The van der Waals surface area contributed by atoms with Crippen molar-refractivity contribution in [3.8, 4) is 5.75 Å². The van der Waals surface area contributed by atoms with Gasteiger partial charge in [0.1, 0.15) is 18.2 Å². The van der Waals surface area contributed by atoms with Crippen LogP contribution in [0.15, 0.2) is 54.6 Å². The second kappa shape index (κ2) is 7.08. The highest BCUT2D eigenvalue weighted by atomic mass is 16.5. The van der Waals surface area contributed by atoms with E-state index in [1.807, 2.05) is 30.3 Å². The molecule has 124 valence electrons. The van der Waals surface area contributed by atoms with Crippen LogP contribution in [0.3, 0.4) is 0 Å². The number of rotatable bonds is 5. The van der Waals surface area contributed by atoms with Crippen LogP contribution in [0.5, 0.6) is 5.75 Å². The predicted octanol–water partition coefficient (Wildman–Crippen LogP) is 5.20. The molecule has 2 aromatic carbocycles. The van der Waals surface area contributed by atoms with Gasteiger partial charge in [-0.2, -0.15) is 0 Å². The Kier molecular flexibility index (Phi) is 4.50. The second-order valence-corrected chi connectivity index (χ2v) is 6.73. The molecule has 3 aromatic rings. The van der Waals surface area contributed by atoms with Crippen LogP contribution >= 0.6 is 0 Å². The average Bonchev–Trinajstić information content (AvgIpc) is 2.99. The summed E-state index contributed by atoms with van der Waals surface area (Å²) in [6, 6.07) is 18.4. The van der Waals surface area contributed by atoms with Gasteiger partial charge in [0, 0.05) is 6.54 Å². The molecule has 4 rings (SSSR count). The topological polar surface area (TPSA) is 27.1 Å². The Morgan fingerprint density at radius 2 is 1.67 bits per heavy atom. The van der Waals surface area contributed by atoms with E-state index in [1.54, 1.807) is 0 Å². The van der Waals surface area contributed by atoms with Gasteiger partial charge in [-0.15, -0.1) is 0 Å². The van der Waals surface area contributed by atoms with Crippen molar-refractivity contribution in [1.82, 2.24) is 9.55 Å². The maximum absolute atomic E-state index is 5.97. The van der Waals surface area contributed by atoms with Gasteiger partial charge in [0.15, 0.2) is 0 Å². The smallest absolute Gasteiger partial charge is 0.148 e. The molecule has 0 N–H and O–H groups in total. The molecule has 0 atom stereocenters. The largest absolute Gasteiger partial charge is 0.486 e. The van der Waals surface area contributed by atoms with Gasteiger partial charge in [0.25, 0.3) is 0 Å². The maximum atomic E-state index is 5.97. The van der Waals surface area contributed by atoms with Crippen LogP contribution in [-0.4, -0.2) is 9.55 Å². The van der Waals surface area contributed by atoms with Crippen LogP contribution in [-0.2, 0) is 13.2 Å². The zero-order valence-electron chi connectivity index (χ0n) is 14.0. The fourth-order valence-electron chi connectivity index (χ4n) is 3.73. The lowest BCUT2D eigenvalue weighted by Crippen LogP contribution is -2.17. The Bertz CT molecular complexity index is 788. The third-order valence-electron chi connectivity index (χ3n) is 5.01. The number of imidazole rings is 1. The van der Waals surface area contributed by atoms with Crippen LogP contribution in [0.1, 0.15) is 37.9 Å². The van der Waals surface area contributed by atoms with Gasteiger partial charge in [-0.1, -0.05) is 49.6 Å². The van der Waals surface area contributed by atoms with Gasteiger partial charge < -0.3 is 9.30 Å². The Balaban J connectivity index is 1.59. The Hall–Kier alpha value is -2.29. The SMILES string of the molecule is c1ccc(OCc2nc3ccccc3n2CC2CCCCC2)cc1. The lowest BCUT2D eigenvalue weighted by molar-refractivity contribution is 0.275. The first-order valence-electron chi connectivity index (χ1n) is 9.02. The van der Waals surface area contributed by atoms with Gasteiger partial charge in [0.2, 0.25) is 0 Å². The van der Waals surface area contributed by atoms with E-state index >= 15 is 0 Å². The van der Waals surface area contributed by atoms with Crippen LogP contribution < -0.4 is 4.74 Å². The summed E-state index contributed by atoms with van der Waals surface area (Å²) in [5.41, 5.74) is 2.30. The highest BCUT2D eigenvalue weighted by Crippen LogP contribution is 2.27. The van der Waals surface area contributed by atoms with E-state index in [1.165, 1.54) is 37.6 Å². The minimum atomic E-state index is 0.519. The van der Waals surface area contributed by atoms with Gasteiger partial charge in [0.05, 0.1) is 11.0 Å². The summed E-state index contributed by atoms with van der Waals surface area (Å²) in [5.74, 6) is 2.70. The zero-order valence-corrected chi connectivity index (χ0v) is 14.0. The number of hydrogen-bond donors (Lipinski definition) is 0. The molecule has 0 saturated heterocycles. The van der Waals surface area contributed by atoms with E-state index in [4.69, 9.17) is 9.72 Å². The summed E-state index contributed by atoms with van der Waals surface area (Å²) in [6.45, 7) is 1.58. The monoisotopic (exact) mass is 320 g/mol. The molecule has 0 amide bonds. The van der Waals surface area contributed by atoms with Crippen molar-refractivity contribution in [2.24, 2.45) is 5.92 Å². The van der Waals surface area contributed by atoms with Crippen molar-refractivity contribution in [2.45, 2.75) is 45.3 Å². The van der Waals surface area contributed by atoms with Gasteiger partial charge >= 0.3 is 0 Å². The van der Waals surface area contributed by atoms with Gasteiger partial charge in [-0.25, -0.2) is 4.98 Å². The van der Waals surface area contributed by atoms with E-state index < -0.39 is 0 Å². The van der Waals surface area contributed by atoms with Gasteiger partial charge in [-0.05, 0) is 43.0 Å². The van der Waals surface area contributed by atoms with Crippen molar-refractivity contribution < 1.29 is 4.74 Å². The molecule has 1 fully saturated rings. The summed E-state index contributed by atoms with van der Waals surface area (Å²) < 4.78 is 8.35. The van der Waals surface area contributed by atoms with Crippen molar-refractivity contribution in [3.63, 3.8) is 0 Å².